The minimum absolute atomic E-state index is 0.699. The Morgan fingerprint density at radius 2 is 2.24 bits per heavy atom. The molecule has 25 heavy (non-hydrogen) atoms. The van der Waals surface area contributed by atoms with E-state index in [2.05, 4.69) is 48.0 Å². The van der Waals surface area contributed by atoms with E-state index in [1.807, 2.05) is 25.4 Å². The molecule has 0 radical (unpaired) electrons. The van der Waals surface area contributed by atoms with Crippen LogP contribution in [-0.4, -0.2) is 31.6 Å². The largest absolute Gasteiger partial charge is 0.492 e. The summed E-state index contributed by atoms with van der Waals surface area (Å²) in [5.74, 6) is 0.822. The van der Waals surface area contributed by atoms with Crippen LogP contribution in [-0.2, 0) is 4.74 Å². The molecule has 0 spiro atoms. The molecule has 4 heteroatoms. The molecule has 1 N–H and O–H groups in total. The topological polar surface area (TPSA) is 46.0 Å². The molecule has 0 saturated heterocycles. The average Bonchev–Trinajstić information content (AvgIpc) is 2.65. The fourth-order valence-corrected chi connectivity index (χ4v) is 2.34. The first kappa shape index (κ1) is 20.9. The summed E-state index contributed by atoms with van der Waals surface area (Å²) in [5.41, 5.74) is 3.44. The Labute approximate surface area is 153 Å². The van der Waals surface area contributed by atoms with Gasteiger partial charge in [-0.3, -0.25) is 9.98 Å². The quantitative estimate of drug-likeness (QED) is 0.235. The molecular formula is C21H33N3O. The van der Waals surface area contributed by atoms with Crippen molar-refractivity contribution >= 4 is 11.9 Å². The lowest BCUT2D eigenvalue weighted by molar-refractivity contribution is 0.223. The molecule has 4 nitrogen and oxygen atoms in total. The molecule has 0 atom stereocenters. The first-order valence-electron chi connectivity index (χ1n) is 9.33. The van der Waals surface area contributed by atoms with Crippen LogP contribution in [0.3, 0.4) is 0 Å². The van der Waals surface area contributed by atoms with E-state index in [-0.39, 0.29) is 0 Å². The number of aliphatic imine (C=N–C) groups is 2. The Kier molecular flexibility index (Phi) is 11.1. The summed E-state index contributed by atoms with van der Waals surface area (Å²) in [6.07, 6.45) is 15.0. The molecule has 0 amide bonds. The molecule has 138 valence electrons. The lowest BCUT2D eigenvalue weighted by atomic mass is 10.0. The summed E-state index contributed by atoms with van der Waals surface area (Å²) in [5, 5.41) is 3.33. The number of nitrogens with one attached hydrogen (secondary N) is 1. The molecule has 0 aromatic heterocycles. The van der Waals surface area contributed by atoms with E-state index in [4.69, 9.17) is 4.74 Å². The van der Waals surface area contributed by atoms with Crippen molar-refractivity contribution in [2.24, 2.45) is 9.98 Å². The molecular weight excluding hydrogens is 310 g/mol. The molecule has 0 aromatic carbocycles. The monoisotopic (exact) mass is 343 g/mol. The molecule has 0 unspecified atom stereocenters. The maximum Gasteiger partial charge on any atom is 0.139 e. The first-order chi connectivity index (χ1) is 12.2. The minimum Gasteiger partial charge on any atom is -0.492 e. The van der Waals surface area contributed by atoms with Crippen LogP contribution in [0.2, 0.25) is 0 Å². The summed E-state index contributed by atoms with van der Waals surface area (Å²) in [4.78, 5) is 8.87. The Morgan fingerprint density at radius 1 is 1.40 bits per heavy atom. The van der Waals surface area contributed by atoms with E-state index >= 15 is 0 Å². The van der Waals surface area contributed by atoms with Gasteiger partial charge in [-0.1, -0.05) is 45.4 Å². The van der Waals surface area contributed by atoms with Gasteiger partial charge in [0.05, 0.1) is 19.4 Å². The van der Waals surface area contributed by atoms with Crippen LogP contribution < -0.4 is 5.32 Å². The second-order valence-electron chi connectivity index (χ2n) is 5.98. The van der Waals surface area contributed by atoms with Crippen LogP contribution in [0.25, 0.3) is 0 Å². The van der Waals surface area contributed by atoms with Crippen LogP contribution in [0.4, 0.5) is 0 Å². The van der Waals surface area contributed by atoms with Crippen molar-refractivity contribution in [1.29, 1.82) is 0 Å². The van der Waals surface area contributed by atoms with E-state index in [1.165, 1.54) is 18.4 Å². The third-order valence-corrected chi connectivity index (χ3v) is 3.95. The van der Waals surface area contributed by atoms with Crippen molar-refractivity contribution in [1.82, 2.24) is 5.32 Å². The van der Waals surface area contributed by atoms with E-state index in [0.29, 0.717) is 6.54 Å². The second kappa shape index (κ2) is 13.2. The number of ether oxygens (including phenoxy) is 1. The third kappa shape index (κ3) is 8.52. The fourth-order valence-electron chi connectivity index (χ4n) is 2.34. The van der Waals surface area contributed by atoms with Gasteiger partial charge in [-0.15, -0.1) is 0 Å². The van der Waals surface area contributed by atoms with E-state index in [0.717, 1.165) is 49.5 Å². The summed E-state index contributed by atoms with van der Waals surface area (Å²) in [6.45, 7) is 12.4. The second-order valence-corrected chi connectivity index (χ2v) is 5.98. The highest BCUT2D eigenvalue weighted by Gasteiger charge is 2.05. The molecule has 0 bridgehead atoms. The van der Waals surface area contributed by atoms with E-state index in [1.54, 1.807) is 0 Å². The van der Waals surface area contributed by atoms with Gasteiger partial charge >= 0.3 is 0 Å². The predicted molar refractivity (Wildman–Crippen MR) is 109 cm³/mol. The van der Waals surface area contributed by atoms with Gasteiger partial charge < -0.3 is 10.1 Å². The summed E-state index contributed by atoms with van der Waals surface area (Å²) < 4.78 is 5.83. The number of nitrogens with zero attached hydrogens (tertiary/aromatic N) is 2. The zero-order valence-electron chi connectivity index (χ0n) is 16.1. The number of allylic oxidation sites excluding steroid dienone is 5. The number of hydrogen-bond donors (Lipinski definition) is 1. The molecule has 0 aliphatic carbocycles. The van der Waals surface area contributed by atoms with E-state index < -0.39 is 0 Å². The molecule has 1 aliphatic heterocycles. The molecule has 1 rings (SSSR count). The number of hydrogen-bond acceptors (Lipinski definition) is 4. The maximum atomic E-state index is 5.83. The summed E-state index contributed by atoms with van der Waals surface area (Å²) >= 11 is 0. The molecule has 1 heterocycles. The highest BCUT2D eigenvalue weighted by molar-refractivity contribution is 6.01. The molecule has 0 saturated carbocycles. The zero-order valence-corrected chi connectivity index (χ0v) is 16.1. The van der Waals surface area contributed by atoms with Gasteiger partial charge in [0.15, 0.2) is 0 Å². The normalized spacial score (nSPS) is 16.8. The van der Waals surface area contributed by atoms with Crippen molar-refractivity contribution in [3.05, 3.63) is 48.0 Å². The van der Waals surface area contributed by atoms with Crippen LogP contribution >= 0.6 is 0 Å². The molecule has 1 aliphatic rings. The van der Waals surface area contributed by atoms with Gasteiger partial charge in [-0.25, -0.2) is 0 Å². The Hall–Kier alpha value is -2.10. The zero-order chi connectivity index (χ0) is 18.3. The Bertz CT molecular complexity index is 553. The van der Waals surface area contributed by atoms with Crippen molar-refractivity contribution in [3.8, 4) is 0 Å². The van der Waals surface area contributed by atoms with Gasteiger partial charge in [0, 0.05) is 24.7 Å². The summed E-state index contributed by atoms with van der Waals surface area (Å²) in [6, 6.07) is 0. The van der Waals surface area contributed by atoms with E-state index in [9.17, 15) is 0 Å². The third-order valence-electron chi connectivity index (χ3n) is 3.95. The first-order valence-corrected chi connectivity index (χ1v) is 9.33. The lowest BCUT2D eigenvalue weighted by Gasteiger charge is -2.11. The summed E-state index contributed by atoms with van der Waals surface area (Å²) in [7, 11) is 0. The lowest BCUT2D eigenvalue weighted by Crippen LogP contribution is -2.14. The minimum atomic E-state index is 0.699. The fraction of sp³-hybridized carbons (Fsp3) is 0.524. The standard InChI is InChI=1S/C21H33N3O/c1-5-8-9-15-25-21(18(4)6-2)17-23-14-13-22-16-19-11-10-12-24-20(19)7-3/h6,10,12,16-17,22H,2,5,7-9,11,13-15H2,1,3-4H3/b19-16+,21-18+,23-17-. The predicted octanol–water partition coefficient (Wildman–Crippen LogP) is 4.97. The van der Waals surface area contributed by atoms with Crippen molar-refractivity contribution in [2.75, 3.05) is 19.7 Å². The SMILES string of the molecule is C=C/C(C)=C(\C=N/CCN/C=C1\CC=CN=C1CC)OCCCCC. The van der Waals surface area contributed by atoms with Crippen LogP contribution in [0.1, 0.15) is 52.9 Å². The smallest absolute Gasteiger partial charge is 0.139 e. The molecule has 0 fully saturated rings. The number of unbranched alkanes of at least 4 members (excludes halogenated alkanes) is 2. The van der Waals surface area contributed by atoms with Crippen molar-refractivity contribution in [2.45, 2.75) is 52.9 Å². The van der Waals surface area contributed by atoms with Gasteiger partial charge in [-0.2, -0.15) is 0 Å². The van der Waals surface area contributed by atoms with Crippen LogP contribution in [0.5, 0.6) is 0 Å². The number of rotatable bonds is 12. The van der Waals surface area contributed by atoms with Crippen LogP contribution in [0.15, 0.2) is 58.0 Å². The van der Waals surface area contributed by atoms with Gasteiger partial charge in [0.2, 0.25) is 0 Å². The highest BCUT2D eigenvalue weighted by atomic mass is 16.5. The van der Waals surface area contributed by atoms with Gasteiger partial charge in [0.1, 0.15) is 5.76 Å². The Morgan fingerprint density at radius 3 is 2.96 bits per heavy atom. The van der Waals surface area contributed by atoms with Crippen molar-refractivity contribution < 1.29 is 4.74 Å². The highest BCUT2D eigenvalue weighted by Crippen LogP contribution is 2.12. The van der Waals surface area contributed by atoms with Gasteiger partial charge in [-0.05, 0) is 37.3 Å². The maximum absolute atomic E-state index is 5.83. The molecule has 0 aromatic rings. The van der Waals surface area contributed by atoms with Crippen LogP contribution in [0, 0.1) is 0 Å². The van der Waals surface area contributed by atoms with Crippen molar-refractivity contribution in [3.63, 3.8) is 0 Å². The van der Waals surface area contributed by atoms with Gasteiger partial charge in [0.25, 0.3) is 0 Å². The average molecular weight is 344 g/mol. The Balaban J connectivity index is 2.40.